The standard InChI is InChI=1S/C10H16O3/c1-2-3-8-4-13-10(8)7-11-5-9-6-12-9/h2,8-10H,1,3-7H2. The smallest absolute Gasteiger partial charge is 0.104 e. The average molecular weight is 184 g/mol. The first-order valence-corrected chi connectivity index (χ1v) is 4.82. The third kappa shape index (κ3) is 2.53. The zero-order chi connectivity index (χ0) is 9.10. The van der Waals surface area contributed by atoms with Crippen molar-refractivity contribution >= 4 is 0 Å². The normalized spacial score (nSPS) is 36.8. The van der Waals surface area contributed by atoms with Crippen LogP contribution in [0.5, 0.6) is 0 Å². The number of ether oxygens (including phenoxy) is 3. The van der Waals surface area contributed by atoms with Crippen molar-refractivity contribution < 1.29 is 14.2 Å². The Balaban J connectivity index is 1.55. The van der Waals surface area contributed by atoms with Crippen LogP contribution in [0.1, 0.15) is 6.42 Å². The van der Waals surface area contributed by atoms with Crippen LogP contribution in [0, 0.1) is 5.92 Å². The van der Waals surface area contributed by atoms with Gasteiger partial charge in [0.15, 0.2) is 0 Å². The molecular weight excluding hydrogens is 168 g/mol. The lowest BCUT2D eigenvalue weighted by atomic mass is 9.95. The Labute approximate surface area is 78.7 Å². The molecule has 2 fully saturated rings. The van der Waals surface area contributed by atoms with Crippen LogP contribution < -0.4 is 0 Å². The second-order valence-electron chi connectivity index (χ2n) is 3.65. The fraction of sp³-hybridized carbons (Fsp3) is 0.800. The summed E-state index contributed by atoms with van der Waals surface area (Å²) in [7, 11) is 0. The fourth-order valence-corrected chi connectivity index (χ4v) is 1.47. The topological polar surface area (TPSA) is 31.0 Å². The molecule has 0 spiro atoms. The van der Waals surface area contributed by atoms with Crippen LogP contribution in [-0.2, 0) is 14.2 Å². The molecule has 0 aromatic heterocycles. The second kappa shape index (κ2) is 4.22. The summed E-state index contributed by atoms with van der Waals surface area (Å²) in [6, 6.07) is 0. The van der Waals surface area contributed by atoms with Crippen molar-refractivity contribution in [3.8, 4) is 0 Å². The van der Waals surface area contributed by atoms with Crippen LogP contribution in [0.25, 0.3) is 0 Å². The van der Waals surface area contributed by atoms with Crippen molar-refractivity contribution in [3.05, 3.63) is 12.7 Å². The van der Waals surface area contributed by atoms with Crippen LogP contribution >= 0.6 is 0 Å². The van der Waals surface area contributed by atoms with Gasteiger partial charge in [0.1, 0.15) is 6.10 Å². The van der Waals surface area contributed by atoms with Gasteiger partial charge in [0.2, 0.25) is 0 Å². The Bertz CT molecular complexity index is 177. The molecule has 3 heteroatoms. The number of hydrogen-bond acceptors (Lipinski definition) is 3. The van der Waals surface area contributed by atoms with Gasteiger partial charge in [0.05, 0.1) is 32.5 Å². The van der Waals surface area contributed by atoms with Crippen molar-refractivity contribution in [3.63, 3.8) is 0 Å². The van der Waals surface area contributed by atoms with Gasteiger partial charge in [0, 0.05) is 5.92 Å². The zero-order valence-electron chi connectivity index (χ0n) is 7.78. The summed E-state index contributed by atoms with van der Waals surface area (Å²) in [6.07, 6.45) is 3.63. The summed E-state index contributed by atoms with van der Waals surface area (Å²) in [5, 5.41) is 0. The van der Waals surface area contributed by atoms with Gasteiger partial charge in [-0.2, -0.15) is 0 Å². The van der Waals surface area contributed by atoms with Gasteiger partial charge in [-0.3, -0.25) is 0 Å². The second-order valence-corrected chi connectivity index (χ2v) is 3.65. The molecule has 0 saturated carbocycles. The molecule has 0 radical (unpaired) electrons. The summed E-state index contributed by atoms with van der Waals surface area (Å²) in [5.41, 5.74) is 0. The first kappa shape index (κ1) is 9.19. The lowest BCUT2D eigenvalue weighted by molar-refractivity contribution is -0.145. The van der Waals surface area contributed by atoms with E-state index in [0.29, 0.717) is 18.6 Å². The first-order chi connectivity index (χ1) is 6.40. The van der Waals surface area contributed by atoms with E-state index in [9.17, 15) is 0 Å². The molecule has 2 aliphatic rings. The lowest BCUT2D eigenvalue weighted by Crippen LogP contribution is -2.42. The van der Waals surface area contributed by atoms with E-state index in [0.717, 1.165) is 26.2 Å². The van der Waals surface area contributed by atoms with E-state index in [1.807, 2.05) is 6.08 Å². The van der Waals surface area contributed by atoms with Gasteiger partial charge in [-0.25, -0.2) is 0 Å². The third-order valence-corrected chi connectivity index (χ3v) is 2.51. The Morgan fingerprint density at radius 2 is 2.15 bits per heavy atom. The van der Waals surface area contributed by atoms with E-state index < -0.39 is 0 Å². The summed E-state index contributed by atoms with van der Waals surface area (Å²) in [6.45, 7) is 6.87. The minimum atomic E-state index is 0.289. The molecule has 3 atom stereocenters. The molecule has 13 heavy (non-hydrogen) atoms. The molecule has 2 saturated heterocycles. The van der Waals surface area contributed by atoms with Crippen LogP contribution in [0.3, 0.4) is 0 Å². The molecular formula is C10H16O3. The largest absolute Gasteiger partial charge is 0.376 e. The molecule has 0 bridgehead atoms. The highest BCUT2D eigenvalue weighted by Gasteiger charge is 2.31. The molecule has 2 rings (SSSR count). The van der Waals surface area contributed by atoms with E-state index in [1.54, 1.807) is 0 Å². The van der Waals surface area contributed by atoms with Crippen LogP contribution in [0.2, 0.25) is 0 Å². The van der Waals surface area contributed by atoms with Crippen LogP contribution in [-0.4, -0.2) is 38.6 Å². The molecule has 0 aromatic carbocycles. The minimum Gasteiger partial charge on any atom is -0.376 e. The van der Waals surface area contributed by atoms with Crippen LogP contribution in [0.15, 0.2) is 12.7 Å². The lowest BCUT2D eigenvalue weighted by Gasteiger charge is -2.36. The van der Waals surface area contributed by atoms with Crippen molar-refractivity contribution in [2.75, 3.05) is 26.4 Å². The maximum absolute atomic E-state index is 5.45. The summed E-state index contributed by atoms with van der Waals surface area (Å²) < 4.78 is 15.9. The SMILES string of the molecule is C=CCC1COC1COCC1CO1. The quantitative estimate of drug-likeness (QED) is 0.455. The molecule has 0 aromatic rings. The van der Waals surface area contributed by atoms with Gasteiger partial charge in [0.25, 0.3) is 0 Å². The van der Waals surface area contributed by atoms with Crippen molar-refractivity contribution in [1.29, 1.82) is 0 Å². The molecule has 0 amide bonds. The highest BCUT2D eigenvalue weighted by Crippen LogP contribution is 2.24. The van der Waals surface area contributed by atoms with E-state index in [-0.39, 0.29) is 6.10 Å². The van der Waals surface area contributed by atoms with E-state index in [2.05, 4.69) is 6.58 Å². The van der Waals surface area contributed by atoms with E-state index in [1.165, 1.54) is 0 Å². The average Bonchev–Trinajstić information content (AvgIpc) is 2.90. The van der Waals surface area contributed by atoms with Gasteiger partial charge >= 0.3 is 0 Å². The third-order valence-electron chi connectivity index (χ3n) is 2.51. The van der Waals surface area contributed by atoms with Gasteiger partial charge in [-0.1, -0.05) is 6.08 Å². The summed E-state index contributed by atoms with van der Waals surface area (Å²) in [4.78, 5) is 0. The molecule has 0 N–H and O–H groups in total. The highest BCUT2D eigenvalue weighted by atomic mass is 16.6. The maximum atomic E-state index is 5.45. The predicted molar refractivity (Wildman–Crippen MR) is 48.6 cm³/mol. The summed E-state index contributed by atoms with van der Waals surface area (Å²) >= 11 is 0. The Kier molecular flexibility index (Phi) is 2.98. The fourth-order valence-electron chi connectivity index (χ4n) is 1.47. The Hall–Kier alpha value is -0.380. The summed E-state index contributed by atoms with van der Waals surface area (Å²) in [5.74, 6) is 0.623. The highest BCUT2D eigenvalue weighted by molar-refractivity contribution is 4.84. The minimum absolute atomic E-state index is 0.289. The molecule has 74 valence electrons. The van der Waals surface area contributed by atoms with Crippen LogP contribution in [0.4, 0.5) is 0 Å². The van der Waals surface area contributed by atoms with Gasteiger partial charge < -0.3 is 14.2 Å². The van der Waals surface area contributed by atoms with Crippen molar-refractivity contribution in [2.24, 2.45) is 5.92 Å². The number of allylic oxidation sites excluding steroid dienone is 1. The molecule has 2 aliphatic heterocycles. The Morgan fingerprint density at radius 3 is 2.69 bits per heavy atom. The van der Waals surface area contributed by atoms with E-state index >= 15 is 0 Å². The monoisotopic (exact) mass is 184 g/mol. The number of rotatable bonds is 6. The van der Waals surface area contributed by atoms with Crippen molar-refractivity contribution in [1.82, 2.24) is 0 Å². The molecule has 3 nitrogen and oxygen atoms in total. The molecule has 2 heterocycles. The zero-order valence-corrected chi connectivity index (χ0v) is 7.78. The van der Waals surface area contributed by atoms with Crippen molar-refractivity contribution in [2.45, 2.75) is 18.6 Å². The van der Waals surface area contributed by atoms with Gasteiger partial charge in [-0.05, 0) is 6.42 Å². The first-order valence-electron chi connectivity index (χ1n) is 4.82. The number of hydrogen-bond donors (Lipinski definition) is 0. The molecule has 0 aliphatic carbocycles. The Morgan fingerprint density at radius 1 is 1.31 bits per heavy atom. The number of epoxide rings is 1. The van der Waals surface area contributed by atoms with Gasteiger partial charge in [-0.15, -0.1) is 6.58 Å². The predicted octanol–water partition coefficient (Wildman–Crippen LogP) is 0.993. The molecule has 3 unspecified atom stereocenters. The maximum Gasteiger partial charge on any atom is 0.104 e. The van der Waals surface area contributed by atoms with E-state index in [4.69, 9.17) is 14.2 Å².